The summed E-state index contributed by atoms with van der Waals surface area (Å²) in [6.07, 6.45) is 8.64. The van der Waals surface area contributed by atoms with Crippen LogP contribution in [0.1, 0.15) is 51.0 Å². The summed E-state index contributed by atoms with van der Waals surface area (Å²) in [5.41, 5.74) is 1.31. The number of ether oxygens (including phenoxy) is 2. The maximum absolute atomic E-state index is 12.7. The average molecular weight is 357 g/mol. The summed E-state index contributed by atoms with van der Waals surface area (Å²) in [4.78, 5) is 12.7. The van der Waals surface area contributed by atoms with Crippen LogP contribution in [0.25, 0.3) is 0 Å². The Morgan fingerprint density at radius 3 is 2.19 bits per heavy atom. The van der Waals surface area contributed by atoms with Crippen molar-refractivity contribution in [2.45, 2.75) is 57.9 Å². The van der Waals surface area contributed by atoms with Gasteiger partial charge in [-0.15, -0.1) is 0 Å². The summed E-state index contributed by atoms with van der Waals surface area (Å²) in [5.74, 6) is 4.20. The molecule has 4 bridgehead atoms. The fourth-order valence-corrected chi connectivity index (χ4v) is 6.33. The highest BCUT2D eigenvalue weighted by Crippen LogP contribution is 2.61. The monoisotopic (exact) mass is 357 g/mol. The van der Waals surface area contributed by atoms with Gasteiger partial charge in [-0.2, -0.15) is 0 Å². The maximum Gasteiger partial charge on any atom is 0.224 e. The quantitative estimate of drug-likeness (QED) is 0.838. The first-order valence-electron chi connectivity index (χ1n) is 10.0. The standard InChI is InChI=1S/C22H31NO3/c1-14(22-11-16-6-17(12-22)8-18(7-16)13-22)23-21(24)10-15-4-5-19(25-2)20(9-15)26-3/h4-5,9,14,16-18H,6-8,10-13H2,1-3H3,(H,23,24). The van der Waals surface area contributed by atoms with Crippen LogP contribution in [0, 0.1) is 23.2 Å². The predicted molar refractivity (Wildman–Crippen MR) is 101 cm³/mol. The van der Waals surface area contributed by atoms with Crippen LogP contribution in [0.2, 0.25) is 0 Å². The van der Waals surface area contributed by atoms with E-state index in [1.807, 2.05) is 18.2 Å². The Labute approximate surface area is 156 Å². The SMILES string of the molecule is COc1ccc(CC(=O)NC(C)C23CC4CC(CC(C4)C2)C3)cc1OC. The molecule has 4 fully saturated rings. The van der Waals surface area contributed by atoms with Crippen molar-refractivity contribution in [1.29, 1.82) is 0 Å². The van der Waals surface area contributed by atoms with Crippen molar-refractivity contribution in [2.24, 2.45) is 23.2 Å². The smallest absolute Gasteiger partial charge is 0.224 e. The van der Waals surface area contributed by atoms with E-state index >= 15 is 0 Å². The van der Waals surface area contributed by atoms with Gasteiger partial charge in [0.05, 0.1) is 20.6 Å². The molecule has 4 nitrogen and oxygen atoms in total. The van der Waals surface area contributed by atoms with E-state index in [0.717, 1.165) is 23.3 Å². The topological polar surface area (TPSA) is 47.6 Å². The number of rotatable bonds is 6. The molecular formula is C22H31NO3. The number of amides is 1. The molecule has 1 atom stereocenters. The van der Waals surface area contributed by atoms with Gasteiger partial charge in [0, 0.05) is 6.04 Å². The van der Waals surface area contributed by atoms with Crippen molar-refractivity contribution in [3.8, 4) is 11.5 Å². The number of benzene rings is 1. The van der Waals surface area contributed by atoms with Crippen LogP contribution in [0.15, 0.2) is 18.2 Å². The highest BCUT2D eigenvalue weighted by molar-refractivity contribution is 5.79. The fourth-order valence-electron chi connectivity index (χ4n) is 6.33. The summed E-state index contributed by atoms with van der Waals surface area (Å²) >= 11 is 0. The molecule has 5 rings (SSSR count). The van der Waals surface area contributed by atoms with E-state index in [2.05, 4.69) is 12.2 Å². The molecule has 4 heteroatoms. The molecular weight excluding hydrogens is 326 g/mol. The number of hydrogen-bond acceptors (Lipinski definition) is 3. The average Bonchev–Trinajstić information content (AvgIpc) is 2.60. The van der Waals surface area contributed by atoms with Crippen molar-refractivity contribution in [3.05, 3.63) is 23.8 Å². The molecule has 0 heterocycles. The number of carbonyl (C=O) groups is 1. The third kappa shape index (κ3) is 3.19. The van der Waals surface area contributed by atoms with Crippen LogP contribution in [-0.4, -0.2) is 26.2 Å². The van der Waals surface area contributed by atoms with Gasteiger partial charge in [0.25, 0.3) is 0 Å². The molecule has 0 aliphatic heterocycles. The largest absolute Gasteiger partial charge is 0.493 e. The van der Waals surface area contributed by atoms with Gasteiger partial charge < -0.3 is 14.8 Å². The zero-order valence-corrected chi connectivity index (χ0v) is 16.2. The molecule has 0 radical (unpaired) electrons. The fraction of sp³-hybridized carbons (Fsp3) is 0.682. The van der Waals surface area contributed by atoms with Crippen molar-refractivity contribution >= 4 is 5.91 Å². The van der Waals surface area contributed by atoms with E-state index in [0.29, 0.717) is 23.3 Å². The predicted octanol–water partition coefficient (Wildman–Crippen LogP) is 3.97. The van der Waals surface area contributed by atoms with Crippen molar-refractivity contribution in [2.75, 3.05) is 14.2 Å². The molecule has 4 aliphatic carbocycles. The second-order valence-corrected chi connectivity index (χ2v) is 8.94. The lowest BCUT2D eigenvalue weighted by Gasteiger charge is -2.59. The summed E-state index contributed by atoms with van der Waals surface area (Å²) in [6, 6.07) is 5.97. The second-order valence-electron chi connectivity index (χ2n) is 8.94. The number of methoxy groups -OCH3 is 2. The molecule has 1 aromatic carbocycles. The van der Waals surface area contributed by atoms with Gasteiger partial charge in [-0.05, 0) is 86.3 Å². The normalized spacial score (nSPS) is 33.0. The van der Waals surface area contributed by atoms with E-state index in [4.69, 9.17) is 9.47 Å². The molecule has 0 saturated heterocycles. The lowest BCUT2D eigenvalue weighted by molar-refractivity contribution is -0.125. The molecule has 142 valence electrons. The van der Waals surface area contributed by atoms with E-state index in [1.165, 1.54) is 38.5 Å². The van der Waals surface area contributed by atoms with Crippen LogP contribution in [0.4, 0.5) is 0 Å². The third-order valence-electron chi connectivity index (χ3n) is 7.19. The second kappa shape index (κ2) is 6.79. The molecule has 4 aliphatic rings. The van der Waals surface area contributed by atoms with Crippen molar-refractivity contribution in [1.82, 2.24) is 5.32 Å². The Balaban J connectivity index is 1.40. The van der Waals surface area contributed by atoms with Crippen molar-refractivity contribution < 1.29 is 14.3 Å². The van der Waals surface area contributed by atoms with E-state index in [-0.39, 0.29) is 11.9 Å². The van der Waals surface area contributed by atoms with E-state index in [9.17, 15) is 4.79 Å². The molecule has 26 heavy (non-hydrogen) atoms. The van der Waals surface area contributed by atoms with Gasteiger partial charge in [0.1, 0.15) is 0 Å². The minimum Gasteiger partial charge on any atom is -0.493 e. The van der Waals surface area contributed by atoms with Crippen LogP contribution < -0.4 is 14.8 Å². The minimum atomic E-state index is 0.112. The van der Waals surface area contributed by atoms with Crippen molar-refractivity contribution in [3.63, 3.8) is 0 Å². The Morgan fingerprint density at radius 1 is 1.08 bits per heavy atom. The van der Waals surface area contributed by atoms with Crippen LogP contribution >= 0.6 is 0 Å². The summed E-state index contributed by atoms with van der Waals surface area (Å²) in [5, 5.41) is 3.34. The van der Waals surface area contributed by atoms with Gasteiger partial charge in [-0.1, -0.05) is 6.07 Å². The zero-order chi connectivity index (χ0) is 18.3. The third-order valence-corrected chi connectivity index (χ3v) is 7.19. The molecule has 0 aromatic heterocycles. The maximum atomic E-state index is 12.7. The molecule has 1 aromatic rings. The lowest BCUT2D eigenvalue weighted by atomic mass is 9.48. The highest BCUT2D eigenvalue weighted by atomic mass is 16.5. The molecule has 0 spiro atoms. The Morgan fingerprint density at radius 2 is 1.65 bits per heavy atom. The Hall–Kier alpha value is -1.71. The summed E-state index contributed by atoms with van der Waals surface area (Å²) in [6.45, 7) is 2.24. The number of carbonyl (C=O) groups excluding carboxylic acids is 1. The molecule has 4 saturated carbocycles. The molecule has 1 unspecified atom stereocenters. The summed E-state index contributed by atoms with van der Waals surface area (Å²) in [7, 11) is 3.24. The first-order valence-corrected chi connectivity index (χ1v) is 10.0. The summed E-state index contributed by atoms with van der Waals surface area (Å²) < 4.78 is 10.6. The Kier molecular flexibility index (Phi) is 4.62. The van der Waals surface area contributed by atoms with Gasteiger partial charge in [-0.3, -0.25) is 4.79 Å². The number of hydrogen-bond donors (Lipinski definition) is 1. The van der Waals surface area contributed by atoms with Crippen LogP contribution in [0.5, 0.6) is 11.5 Å². The highest BCUT2D eigenvalue weighted by Gasteiger charge is 2.53. The van der Waals surface area contributed by atoms with E-state index < -0.39 is 0 Å². The van der Waals surface area contributed by atoms with Gasteiger partial charge in [0.15, 0.2) is 11.5 Å². The lowest BCUT2D eigenvalue weighted by Crippen LogP contribution is -2.56. The Bertz CT molecular complexity index is 649. The van der Waals surface area contributed by atoms with Gasteiger partial charge >= 0.3 is 0 Å². The van der Waals surface area contributed by atoms with Gasteiger partial charge in [-0.25, -0.2) is 0 Å². The first kappa shape index (κ1) is 17.7. The van der Waals surface area contributed by atoms with Gasteiger partial charge in [0.2, 0.25) is 5.91 Å². The molecule has 1 amide bonds. The zero-order valence-electron chi connectivity index (χ0n) is 16.2. The van der Waals surface area contributed by atoms with Crippen LogP contribution in [0.3, 0.4) is 0 Å². The van der Waals surface area contributed by atoms with E-state index in [1.54, 1.807) is 14.2 Å². The first-order chi connectivity index (χ1) is 12.5. The minimum absolute atomic E-state index is 0.112. The molecule has 1 N–H and O–H groups in total. The van der Waals surface area contributed by atoms with Crippen LogP contribution in [-0.2, 0) is 11.2 Å². The number of nitrogens with one attached hydrogen (secondary N) is 1.